The van der Waals surface area contributed by atoms with Crippen molar-refractivity contribution in [2.75, 3.05) is 19.7 Å². The van der Waals surface area contributed by atoms with Crippen molar-refractivity contribution in [3.05, 3.63) is 18.0 Å². The van der Waals surface area contributed by atoms with Gasteiger partial charge in [-0.2, -0.15) is 13.9 Å². The lowest BCUT2D eigenvalue weighted by Gasteiger charge is -2.46. The third-order valence-corrected chi connectivity index (χ3v) is 4.91. The maximum Gasteiger partial charge on any atom is 0.352 e. The first-order chi connectivity index (χ1) is 10.7. The number of aliphatic hydroxyl groups is 1. The molecule has 0 aromatic carbocycles. The molecule has 1 aromatic heterocycles. The van der Waals surface area contributed by atoms with Crippen LogP contribution in [0, 0.1) is 0 Å². The molecule has 1 saturated carbocycles. The van der Waals surface area contributed by atoms with Crippen LogP contribution in [0.15, 0.2) is 12.4 Å². The highest BCUT2D eigenvalue weighted by atomic mass is 19.3. The molecule has 2 fully saturated rings. The zero-order valence-electron chi connectivity index (χ0n) is 13.3. The lowest BCUT2D eigenvalue weighted by Crippen LogP contribution is -2.63. The van der Waals surface area contributed by atoms with Gasteiger partial charge in [0.1, 0.15) is 11.2 Å². The summed E-state index contributed by atoms with van der Waals surface area (Å²) in [5, 5.41) is 14.0. The van der Waals surface area contributed by atoms with E-state index >= 15 is 0 Å². The predicted octanol–water partition coefficient (Wildman–Crippen LogP) is 1.04. The molecule has 0 bridgehead atoms. The van der Waals surface area contributed by atoms with Crippen LogP contribution in [0.1, 0.15) is 31.7 Å². The molecule has 128 valence electrons. The number of carbonyl (C=O) groups excluding carboxylic acids is 1. The van der Waals surface area contributed by atoms with Crippen LogP contribution >= 0.6 is 0 Å². The molecule has 1 saturated heterocycles. The molecule has 1 aliphatic heterocycles. The molecule has 1 unspecified atom stereocenters. The highest BCUT2D eigenvalue weighted by Gasteiger charge is 2.62. The number of amides is 1. The molecule has 1 aliphatic carbocycles. The summed E-state index contributed by atoms with van der Waals surface area (Å²) in [5.74, 6) is -5.09. The van der Waals surface area contributed by atoms with E-state index in [0.29, 0.717) is 6.42 Å². The Morgan fingerprint density at radius 2 is 2.17 bits per heavy atom. The molecule has 0 radical (unpaired) electrons. The third-order valence-electron chi connectivity index (χ3n) is 4.91. The van der Waals surface area contributed by atoms with Crippen LogP contribution in [-0.2, 0) is 22.2 Å². The van der Waals surface area contributed by atoms with Crippen molar-refractivity contribution in [2.45, 2.75) is 43.3 Å². The van der Waals surface area contributed by atoms with Crippen LogP contribution in [-0.4, -0.2) is 56.9 Å². The van der Waals surface area contributed by atoms with E-state index in [2.05, 4.69) is 5.10 Å². The molecule has 3 rings (SSSR count). The quantitative estimate of drug-likeness (QED) is 0.900. The molecule has 1 amide bonds. The highest BCUT2D eigenvalue weighted by molar-refractivity contribution is 5.85. The normalized spacial score (nSPS) is 27.6. The number of aryl methyl sites for hydroxylation is 1. The first-order valence-corrected chi connectivity index (χ1v) is 7.71. The second-order valence-corrected chi connectivity index (χ2v) is 6.67. The maximum absolute atomic E-state index is 14.4. The number of morpholine rings is 1. The van der Waals surface area contributed by atoms with Gasteiger partial charge in [0.15, 0.2) is 0 Å². The summed E-state index contributed by atoms with van der Waals surface area (Å²) in [6.07, 6.45) is 3.76. The molecule has 1 N–H and O–H groups in total. The van der Waals surface area contributed by atoms with Gasteiger partial charge in [0.25, 0.3) is 5.91 Å². The lowest BCUT2D eigenvalue weighted by molar-refractivity contribution is -0.229. The fourth-order valence-corrected chi connectivity index (χ4v) is 3.14. The smallest absolute Gasteiger partial charge is 0.352 e. The molecule has 2 aliphatic rings. The Kier molecular flexibility index (Phi) is 3.72. The van der Waals surface area contributed by atoms with E-state index in [1.54, 1.807) is 31.0 Å². The molecule has 8 heteroatoms. The fourth-order valence-electron chi connectivity index (χ4n) is 3.14. The monoisotopic (exact) mass is 329 g/mol. The first kappa shape index (κ1) is 16.3. The highest BCUT2D eigenvalue weighted by Crippen LogP contribution is 2.45. The molecular formula is C15H21F2N3O3. The van der Waals surface area contributed by atoms with Crippen LogP contribution in [0.3, 0.4) is 0 Å². The van der Waals surface area contributed by atoms with Gasteiger partial charge in [-0.05, 0) is 26.2 Å². The van der Waals surface area contributed by atoms with Crippen molar-refractivity contribution in [1.82, 2.24) is 14.7 Å². The van der Waals surface area contributed by atoms with Crippen molar-refractivity contribution in [3.8, 4) is 0 Å². The number of ether oxygens (including phenoxy) is 1. The van der Waals surface area contributed by atoms with E-state index in [9.17, 15) is 18.7 Å². The van der Waals surface area contributed by atoms with E-state index in [4.69, 9.17) is 4.74 Å². The molecule has 2 heterocycles. The van der Waals surface area contributed by atoms with Crippen molar-refractivity contribution >= 4 is 5.91 Å². The Balaban J connectivity index is 1.79. The second-order valence-electron chi connectivity index (χ2n) is 6.67. The summed E-state index contributed by atoms with van der Waals surface area (Å²) in [4.78, 5) is 13.4. The van der Waals surface area contributed by atoms with Gasteiger partial charge < -0.3 is 14.7 Å². The number of carbonyl (C=O) groups is 1. The number of hydrogen-bond acceptors (Lipinski definition) is 4. The van der Waals surface area contributed by atoms with Crippen molar-refractivity contribution in [2.24, 2.45) is 7.05 Å². The van der Waals surface area contributed by atoms with E-state index in [-0.39, 0.29) is 32.5 Å². The Hall–Kier alpha value is -1.54. The van der Waals surface area contributed by atoms with E-state index in [1.165, 1.54) is 0 Å². The zero-order valence-corrected chi connectivity index (χ0v) is 13.3. The minimum atomic E-state index is -3.77. The summed E-state index contributed by atoms with van der Waals surface area (Å²) in [5.41, 5.74) is -2.36. The summed E-state index contributed by atoms with van der Waals surface area (Å²) in [6.45, 7) is 1.99. The number of alkyl halides is 2. The topological polar surface area (TPSA) is 67.6 Å². The van der Waals surface area contributed by atoms with Gasteiger partial charge in [0.05, 0.1) is 19.3 Å². The number of nitrogens with zero attached hydrogens (tertiary/aromatic N) is 3. The van der Waals surface area contributed by atoms with Crippen LogP contribution in [0.25, 0.3) is 0 Å². The first-order valence-electron chi connectivity index (χ1n) is 7.71. The van der Waals surface area contributed by atoms with Gasteiger partial charge in [0, 0.05) is 25.4 Å². The molecule has 0 spiro atoms. The van der Waals surface area contributed by atoms with E-state index < -0.39 is 23.0 Å². The maximum atomic E-state index is 14.4. The summed E-state index contributed by atoms with van der Waals surface area (Å²) >= 11 is 0. The predicted molar refractivity (Wildman–Crippen MR) is 76.8 cm³/mol. The van der Waals surface area contributed by atoms with E-state index in [1.807, 2.05) is 0 Å². The number of halogens is 2. The molecule has 23 heavy (non-hydrogen) atoms. The fraction of sp³-hybridized carbons (Fsp3) is 0.733. The molecule has 6 nitrogen and oxygen atoms in total. The van der Waals surface area contributed by atoms with Crippen molar-refractivity contribution in [1.29, 1.82) is 0 Å². The summed E-state index contributed by atoms with van der Waals surface area (Å²) < 4.78 is 36.1. The van der Waals surface area contributed by atoms with Crippen molar-refractivity contribution in [3.63, 3.8) is 0 Å². The van der Waals surface area contributed by atoms with Gasteiger partial charge in [-0.1, -0.05) is 0 Å². The third kappa shape index (κ3) is 2.53. The minimum absolute atomic E-state index is 0.00317. The number of rotatable bonds is 3. The lowest BCUT2D eigenvalue weighted by atomic mass is 9.75. The summed E-state index contributed by atoms with van der Waals surface area (Å²) in [6, 6.07) is 0. The Bertz CT molecular complexity index is 615. The van der Waals surface area contributed by atoms with Crippen LogP contribution in [0.5, 0.6) is 0 Å². The van der Waals surface area contributed by atoms with Gasteiger partial charge in [-0.25, -0.2) is 0 Å². The molecule has 1 aromatic rings. The largest absolute Gasteiger partial charge is 0.383 e. The Morgan fingerprint density at radius 1 is 1.48 bits per heavy atom. The zero-order chi connectivity index (χ0) is 16.9. The van der Waals surface area contributed by atoms with Crippen LogP contribution < -0.4 is 0 Å². The number of hydrogen-bond donors (Lipinski definition) is 1. The molecular weight excluding hydrogens is 308 g/mol. The van der Waals surface area contributed by atoms with Gasteiger partial charge >= 0.3 is 5.92 Å². The van der Waals surface area contributed by atoms with Crippen LogP contribution in [0.4, 0.5) is 8.78 Å². The van der Waals surface area contributed by atoms with Gasteiger partial charge in [-0.15, -0.1) is 0 Å². The van der Waals surface area contributed by atoms with Gasteiger partial charge in [-0.3, -0.25) is 9.48 Å². The average Bonchev–Trinajstić information content (AvgIpc) is 2.91. The Morgan fingerprint density at radius 3 is 2.70 bits per heavy atom. The SMILES string of the molecule is Cn1cc(C2(C)CN(C(=O)C(F)(F)C3(O)CCC3)CCO2)cn1. The summed E-state index contributed by atoms with van der Waals surface area (Å²) in [7, 11) is 1.75. The Labute approximate surface area is 133 Å². The van der Waals surface area contributed by atoms with Crippen LogP contribution in [0.2, 0.25) is 0 Å². The number of aromatic nitrogens is 2. The van der Waals surface area contributed by atoms with Gasteiger partial charge in [0.2, 0.25) is 0 Å². The molecule has 1 atom stereocenters. The van der Waals surface area contributed by atoms with Crippen molar-refractivity contribution < 1.29 is 23.4 Å². The minimum Gasteiger partial charge on any atom is -0.383 e. The second kappa shape index (κ2) is 5.24. The van der Waals surface area contributed by atoms with E-state index in [0.717, 1.165) is 10.5 Å². The average molecular weight is 329 g/mol. The standard InChI is InChI=1S/C15H21F2N3O3/c1-13(11-8-18-19(2)9-11)10-20(6-7-23-13)12(21)15(16,17)14(22)4-3-5-14/h8-9,22H,3-7,10H2,1-2H3.